The molecular formula is C12H14F2N2. The Morgan fingerprint density at radius 3 is 2.56 bits per heavy atom. The van der Waals surface area contributed by atoms with Crippen molar-refractivity contribution in [3.63, 3.8) is 0 Å². The lowest BCUT2D eigenvalue weighted by atomic mass is 10.1. The minimum atomic E-state index is -0.812. The Morgan fingerprint density at radius 2 is 1.88 bits per heavy atom. The minimum Gasteiger partial charge on any atom is -0.361 e. The second kappa shape index (κ2) is 4.22. The summed E-state index contributed by atoms with van der Waals surface area (Å²) >= 11 is 0. The number of H-pyrrole nitrogens is 1. The number of aromatic amines is 1. The predicted molar refractivity (Wildman–Crippen MR) is 60.5 cm³/mol. The highest BCUT2D eigenvalue weighted by molar-refractivity contribution is 5.83. The van der Waals surface area contributed by atoms with Gasteiger partial charge < -0.3 is 9.88 Å². The fourth-order valence-electron chi connectivity index (χ4n) is 1.73. The Balaban J connectivity index is 2.36. The Morgan fingerprint density at radius 1 is 1.19 bits per heavy atom. The zero-order chi connectivity index (χ0) is 11.7. The maximum atomic E-state index is 13.1. The SMILES string of the molecule is CN(C)CCc1c[nH]c2cc(F)c(F)cc12. The van der Waals surface area contributed by atoms with Gasteiger partial charge in [-0.3, -0.25) is 0 Å². The Hall–Kier alpha value is -1.42. The summed E-state index contributed by atoms with van der Waals surface area (Å²) in [5, 5.41) is 0.765. The number of nitrogens with one attached hydrogen (secondary N) is 1. The van der Waals surface area contributed by atoms with Gasteiger partial charge in [-0.2, -0.15) is 0 Å². The fraction of sp³-hybridized carbons (Fsp3) is 0.333. The molecule has 0 saturated heterocycles. The van der Waals surface area contributed by atoms with E-state index in [4.69, 9.17) is 0 Å². The van der Waals surface area contributed by atoms with Crippen LogP contribution < -0.4 is 0 Å². The van der Waals surface area contributed by atoms with E-state index >= 15 is 0 Å². The smallest absolute Gasteiger partial charge is 0.160 e. The molecule has 0 atom stereocenters. The van der Waals surface area contributed by atoms with Crippen LogP contribution in [0.25, 0.3) is 10.9 Å². The van der Waals surface area contributed by atoms with Gasteiger partial charge in [-0.25, -0.2) is 8.78 Å². The van der Waals surface area contributed by atoms with E-state index in [9.17, 15) is 8.78 Å². The Bertz CT molecular complexity index is 503. The molecule has 0 aliphatic heterocycles. The first kappa shape index (κ1) is 11.1. The number of rotatable bonds is 3. The van der Waals surface area contributed by atoms with Gasteiger partial charge >= 0.3 is 0 Å². The van der Waals surface area contributed by atoms with Gasteiger partial charge in [0.2, 0.25) is 0 Å². The molecule has 86 valence electrons. The molecule has 0 bridgehead atoms. The molecule has 0 aliphatic carbocycles. The number of benzene rings is 1. The van der Waals surface area contributed by atoms with Gasteiger partial charge in [-0.1, -0.05) is 0 Å². The van der Waals surface area contributed by atoms with Gasteiger partial charge in [0.25, 0.3) is 0 Å². The molecule has 0 amide bonds. The number of nitrogens with zero attached hydrogens (tertiary/aromatic N) is 1. The third-order valence-corrected chi connectivity index (χ3v) is 2.64. The molecule has 1 aromatic carbocycles. The first-order chi connectivity index (χ1) is 7.58. The lowest BCUT2D eigenvalue weighted by Crippen LogP contribution is -2.14. The second-order valence-corrected chi connectivity index (χ2v) is 4.18. The van der Waals surface area contributed by atoms with E-state index in [0.717, 1.165) is 23.9 Å². The lowest BCUT2D eigenvalue weighted by Gasteiger charge is -2.08. The molecule has 2 nitrogen and oxygen atoms in total. The van der Waals surface area contributed by atoms with Crippen molar-refractivity contribution in [1.82, 2.24) is 9.88 Å². The standard InChI is InChI=1S/C12H14F2N2/c1-16(2)4-3-8-7-15-12-6-11(14)10(13)5-9(8)12/h5-7,15H,3-4H2,1-2H3. The molecule has 2 rings (SSSR count). The Labute approximate surface area is 92.9 Å². The van der Waals surface area contributed by atoms with Gasteiger partial charge in [-0.05, 0) is 32.1 Å². The molecule has 1 N–H and O–H groups in total. The normalized spacial score (nSPS) is 11.6. The van der Waals surface area contributed by atoms with E-state index < -0.39 is 11.6 Å². The number of hydrogen-bond donors (Lipinski definition) is 1. The average Bonchev–Trinajstić information content (AvgIpc) is 2.58. The van der Waals surface area contributed by atoms with Crippen LogP contribution in [0.2, 0.25) is 0 Å². The van der Waals surface area contributed by atoms with Crippen molar-refractivity contribution < 1.29 is 8.78 Å². The summed E-state index contributed by atoms with van der Waals surface area (Å²) in [7, 11) is 3.96. The number of aromatic nitrogens is 1. The van der Waals surface area contributed by atoms with Crippen molar-refractivity contribution in [3.8, 4) is 0 Å². The highest BCUT2D eigenvalue weighted by Gasteiger charge is 2.09. The molecule has 0 radical (unpaired) electrons. The highest BCUT2D eigenvalue weighted by atomic mass is 19.2. The Kier molecular flexibility index (Phi) is 2.92. The van der Waals surface area contributed by atoms with E-state index in [0.29, 0.717) is 5.52 Å². The van der Waals surface area contributed by atoms with Gasteiger partial charge in [0.05, 0.1) is 0 Å². The molecule has 4 heteroatoms. The highest BCUT2D eigenvalue weighted by Crippen LogP contribution is 2.21. The summed E-state index contributed by atoms with van der Waals surface area (Å²) < 4.78 is 26.1. The maximum absolute atomic E-state index is 13.1. The van der Waals surface area contributed by atoms with Gasteiger partial charge in [-0.15, -0.1) is 0 Å². The second-order valence-electron chi connectivity index (χ2n) is 4.18. The first-order valence-electron chi connectivity index (χ1n) is 5.17. The van der Waals surface area contributed by atoms with Crippen LogP contribution in [0.1, 0.15) is 5.56 Å². The quantitative estimate of drug-likeness (QED) is 0.848. The minimum absolute atomic E-state index is 0.646. The molecular weight excluding hydrogens is 210 g/mol. The number of hydrogen-bond acceptors (Lipinski definition) is 1. The van der Waals surface area contributed by atoms with Crippen molar-refractivity contribution in [3.05, 3.63) is 35.5 Å². The molecule has 2 aromatic rings. The fourth-order valence-corrected chi connectivity index (χ4v) is 1.73. The average molecular weight is 224 g/mol. The largest absolute Gasteiger partial charge is 0.361 e. The van der Waals surface area contributed by atoms with Crippen molar-refractivity contribution in [2.75, 3.05) is 20.6 Å². The number of fused-ring (bicyclic) bond motifs is 1. The van der Waals surface area contributed by atoms with Crippen molar-refractivity contribution >= 4 is 10.9 Å². The van der Waals surface area contributed by atoms with Crippen LogP contribution >= 0.6 is 0 Å². The number of likely N-dealkylation sites (N-methyl/N-ethyl adjacent to an activating group) is 1. The molecule has 1 heterocycles. The maximum Gasteiger partial charge on any atom is 0.160 e. The topological polar surface area (TPSA) is 19.0 Å². The zero-order valence-electron chi connectivity index (χ0n) is 9.35. The van der Waals surface area contributed by atoms with E-state index in [2.05, 4.69) is 9.88 Å². The zero-order valence-corrected chi connectivity index (χ0v) is 9.35. The predicted octanol–water partition coefficient (Wildman–Crippen LogP) is 2.55. The molecule has 16 heavy (non-hydrogen) atoms. The van der Waals surface area contributed by atoms with Crippen LogP contribution in [-0.2, 0) is 6.42 Å². The summed E-state index contributed by atoms with van der Waals surface area (Å²) in [6.07, 6.45) is 2.63. The molecule has 0 saturated carbocycles. The summed E-state index contributed by atoms with van der Waals surface area (Å²) in [6.45, 7) is 0.881. The molecule has 0 fully saturated rings. The summed E-state index contributed by atoms with van der Waals surface area (Å²) in [4.78, 5) is 5.01. The molecule has 1 aromatic heterocycles. The summed E-state index contributed by atoms with van der Waals surface area (Å²) in [6, 6.07) is 2.45. The van der Waals surface area contributed by atoms with Crippen molar-refractivity contribution in [2.24, 2.45) is 0 Å². The van der Waals surface area contributed by atoms with Crippen LogP contribution in [0.3, 0.4) is 0 Å². The van der Waals surface area contributed by atoms with Crippen LogP contribution in [-0.4, -0.2) is 30.5 Å². The molecule has 0 unspecified atom stereocenters. The van der Waals surface area contributed by atoms with Gasteiger partial charge in [0, 0.05) is 29.7 Å². The van der Waals surface area contributed by atoms with Crippen LogP contribution in [0.4, 0.5) is 8.78 Å². The van der Waals surface area contributed by atoms with E-state index in [1.165, 1.54) is 12.1 Å². The first-order valence-corrected chi connectivity index (χ1v) is 5.17. The van der Waals surface area contributed by atoms with Gasteiger partial charge in [0.1, 0.15) is 0 Å². The monoisotopic (exact) mass is 224 g/mol. The lowest BCUT2D eigenvalue weighted by molar-refractivity contribution is 0.414. The number of halogens is 2. The van der Waals surface area contributed by atoms with E-state index in [1.54, 1.807) is 0 Å². The molecule has 0 aliphatic rings. The van der Waals surface area contributed by atoms with Crippen LogP contribution in [0.15, 0.2) is 18.3 Å². The molecule has 0 spiro atoms. The summed E-state index contributed by atoms with van der Waals surface area (Å²) in [5.74, 6) is -1.60. The van der Waals surface area contributed by atoms with Crippen LogP contribution in [0.5, 0.6) is 0 Å². The third kappa shape index (κ3) is 2.07. The van der Waals surface area contributed by atoms with E-state index in [-0.39, 0.29) is 0 Å². The van der Waals surface area contributed by atoms with E-state index in [1.807, 2.05) is 20.3 Å². The summed E-state index contributed by atoms with van der Waals surface area (Å²) in [5.41, 5.74) is 1.66. The van der Waals surface area contributed by atoms with Crippen LogP contribution in [0, 0.1) is 11.6 Å². The van der Waals surface area contributed by atoms with Gasteiger partial charge in [0.15, 0.2) is 11.6 Å². The third-order valence-electron chi connectivity index (χ3n) is 2.64. The van der Waals surface area contributed by atoms with Crippen molar-refractivity contribution in [1.29, 1.82) is 0 Å². The van der Waals surface area contributed by atoms with Crippen molar-refractivity contribution in [2.45, 2.75) is 6.42 Å².